The molecule has 6 N–H and O–H groups in total. The fraction of sp³-hybridized carbons (Fsp3) is 0.364. The Bertz CT molecular complexity index is 1070. The van der Waals surface area contributed by atoms with E-state index in [2.05, 4.69) is 56.2 Å². The van der Waals surface area contributed by atoms with Crippen LogP contribution in [-0.2, 0) is 19.5 Å². The maximum absolute atomic E-state index is 8.02. The van der Waals surface area contributed by atoms with Gasteiger partial charge in [0.2, 0.25) is 0 Å². The van der Waals surface area contributed by atoms with Gasteiger partial charge in [-0.3, -0.25) is 0 Å². The topological polar surface area (TPSA) is 128 Å². The molecule has 1 unspecified atom stereocenters. The minimum atomic E-state index is -0.00694. The van der Waals surface area contributed by atoms with E-state index >= 15 is 0 Å². The predicted octanol–water partition coefficient (Wildman–Crippen LogP) is 2.79. The predicted molar refractivity (Wildman–Crippen MR) is 119 cm³/mol. The Labute approximate surface area is 175 Å². The van der Waals surface area contributed by atoms with Gasteiger partial charge in [-0.05, 0) is 53.3 Å². The van der Waals surface area contributed by atoms with E-state index in [4.69, 9.17) is 11.1 Å². The molecule has 0 saturated carbocycles. The fourth-order valence-corrected chi connectivity index (χ4v) is 4.11. The number of nitrogen functional groups attached to an aromatic ring is 1. The molecule has 0 radical (unpaired) electrons. The normalized spacial score (nSPS) is 15.0. The molecule has 1 aromatic carbocycles. The van der Waals surface area contributed by atoms with Gasteiger partial charge in [0.1, 0.15) is 11.3 Å². The zero-order chi connectivity index (χ0) is 20.9. The Balaban J connectivity index is 1.56. The zero-order valence-corrected chi connectivity index (χ0v) is 17.2. The minimum Gasteiger partial charge on any atom is -0.387 e. The summed E-state index contributed by atoms with van der Waals surface area (Å²) in [6, 6.07) is 8.51. The Hall–Kier alpha value is -3.26. The van der Waals surface area contributed by atoms with Gasteiger partial charge in [0.05, 0.1) is 0 Å². The summed E-state index contributed by atoms with van der Waals surface area (Å²) in [5.74, 6) is 0.415. The molecule has 0 spiro atoms. The van der Waals surface area contributed by atoms with Gasteiger partial charge in [0.15, 0.2) is 5.65 Å². The molecule has 3 heterocycles. The van der Waals surface area contributed by atoms with Crippen LogP contribution in [0.15, 0.2) is 36.0 Å². The van der Waals surface area contributed by atoms with Crippen LogP contribution in [0.5, 0.6) is 0 Å². The van der Waals surface area contributed by atoms with Gasteiger partial charge >= 0.3 is 0 Å². The van der Waals surface area contributed by atoms with Crippen molar-refractivity contribution in [2.75, 3.05) is 12.3 Å². The van der Waals surface area contributed by atoms with Crippen LogP contribution in [0.1, 0.15) is 47.9 Å². The standard InChI is InChI=1S/C22H28N8/c1-2-3-18(19-9-20(24)27-22-21(19)28-30-29-22)17(10-23)13-26-11-14-4-5-16-12-25-7-6-15(16)8-14/h4-5,8-10,13,18,23,25-26H,2-3,6-7,11-12H2,1H3,(H3,24,27,28,29,30)/b17-13+,23-10?. The van der Waals surface area contributed by atoms with Crippen molar-refractivity contribution in [3.8, 4) is 0 Å². The molecule has 3 aromatic rings. The molecule has 0 bridgehead atoms. The number of rotatable bonds is 8. The van der Waals surface area contributed by atoms with Crippen molar-refractivity contribution < 1.29 is 0 Å². The molecule has 30 heavy (non-hydrogen) atoms. The molecule has 8 heteroatoms. The molecule has 1 aliphatic heterocycles. The summed E-state index contributed by atoms with van der Waals surface area (Å²) in [6.07, 6.45) is 6.27. The number of aromatic amines is 1. The first-order valence-electron chi connectivity index (χ1n) is 10.4. The Kier molecular flexibility index (Phi) is 6.04. The second kappa shape index (κ2) is 9.04. The van der Waals surface area contributed by atoms with E-state index in [1.54, 1.807) is 0 Å². The van der Waals surface area contributed by atoms with Gasteiger partial charge in [-0.15, -0.1) is 5.10 Å². The second-order valence-electron chi connectivity index (χ2n) is 7.69. The van der Waals surface area contributed by atoms with Crippen molar-refractivity contribution in [1.29, 1.82) is 5.41 Å². The van der Waals surface area contributed by atoms with E-state index in [-0.39, 0.29) is 5.92 Å². The van der Waals surface area contributed by atoms with Crippen molar-refractivity contribution >= 4 is 23.2 Å². The first kappa shape index (κ1) is 20.0. The molecule has 4 rings (SSSR count). The third-order valence-electron chi connectivity index (χ3n) is 5.60. The third-order valence-corrected chi connectivity index (χ3v) is 5.60. The largest absolute Gasteiger partial charge is 0.387 e. The molecule has 8 nitrogen and oxygen atoms in total. The smallest absolute Gasteiger partial charge is 0.178 e. The number of hydrogen-bond donors (Lipinski definition) is 5. The highest BCUT2D eigenvalue weighted by atomic mass is 15.3. The summed E-state index contributed by atoms with van der Waals surface area (Å²) in [5.41, 5.74) is 13.2. The summed E-state index contributed by atoms with van der Waals surface area (Å²) in [7, 11) is 0. The summed E-state index contributed by atoms with van der Waals surface area (Å²) in [6.45, 7) is 4.83. The highest BCUT2D eigenvalue weighted by molar-refractivity contribution is 5.83. The Morgan fingerprint density at radius 1 is 1.33 bits per heavy atom. The van der Waals surface area contributed by atoms with Crippen LogP contribution in [-0.4, -0.2) is 33.2 Å². The molecular formula is C22H28N8. The average Bonchev–Trinajstić information content (AvgIpc) is 3.23. The number of aromatic nitrogens is 4. The molecular weight excluding hydrogens is 376 g/mol. The number of anilines is 1. The number of hydrogen-bond acceptors (Lipinski definition) is 7. The lowest BCUT2D eigenvalue weighted by Gasteiger charge is -2.19. The SMILES string of the molecule is CCCC(/C(C=N)=C/NCc1ccc2c(c1)CCNC2)c1cc(N)nc2[nH]nnc12. The molecule has 2 aromatic heterocycles. The molecule has 1 atom stereocenters. The van der Waals surface area contributed by atoms with E-state index in [0.29, 0.717) is 17.0 Å². The molecule has 156 valence electrons. The van der Waals surface area contributed by atoms with Gasteiger partial charge < -0.3 is 21.8 Å². The van der Waals surface area contributed by atoms with Crippen LogP contribution in [0.2, 0.25) is 0 Å². The van der Waals surface area contributed by atoms with Crippen molar-refractivity contribution in [2.24, 2.45) is 0 Å². The van der Waals surface area contributed by atoms with Gasteiger partial charge in [-0.1, -0.05) is 36.8 Å². The van der Waals surface area contributed by atoms with Gasteiger partial charge in [-0.25, -0.2) is 10.1 Å². The highest BCUT2D eigenvalue weighted by Gasteiger charge is 2.20. The number of nitrogens with two attached hydrogens (primary N) is 1. The summed E-state index contributed by atoms with van der Waals surface area (Å²) < 4.78 is 0. The maximum atomic E-state index is 8.02. The number of nitrogens with one attached hydrogen (secondary N) is 4. The minimum absolute atomic E-state index is 0.00694. The Morgan fingerprint density at radius 3 is 3.07 bits per heavy atom. The van der Waals surface area contributed by atoms with Crippen LogP contribution in [0.3, 0.4) is 0 Å². The van der Waals surface area contributed by atoms with E-state index in [1.165, 1.54) is 22.9 Å². The van der Waals surface area contributed by atoms with Crippen molar-refractivity contribution in [3.63, 3.8) is 0 Å². The first-order valence-corrected chi connectivity index (χ1v) is 10.4. The fourth-order valence-electron chi connectivity index (χ4n) is 4.11. The maximum Gasteiger partial charge on any atom is 0.178 e. The highest BCUT2D eigenvalue weighted by Crippen LogP contribution is 2.32. The van der Waals surface area contributed by atoms with Crippen LogP contribution in [0.4, 0.5) is 5.82 Å². The third kappa shape index (κ3) is 4.18. The molecule has 0 fully saturated rings. The van der Waals surface area contributed by atoms with Crippen molar-refractivity contribution in [1.82, 2.24) is 31.0 Å². The van der Waals surface area contributed by atoms with Gasteiger partial charge in [0.25, 0.3) is 0 Å². The summed E-state index contributed by atoms with van der Waals surface area (Å²) in [4.78, 5) is 4.26. The van der Waals surface area contributed by atoms with E-state index in [9.17, 15) is 0 Å². The number of nitrogens with zero attached hydrogens (tertiary/aromatic N) is 3. The number of fused-ring (bicyclic) bond motifs is 2. The number of allylic oxidation sites excluding steroid dienone is 1. The molecule has 0 aliphatic carbocycles. The van der Waals surface area contributed by atoms with Crippen LogP contribution >= 0.6 is 0 Å². The van der Waals surface area contributed by atoms with E-state index in [0.717, 1.165) is 50.0 Å². The average molecular weight is 405 g/mol. The quantitative estimate of drug-likeness (QED) is 0.367. The summed E-state index contributed by atoms with van der Waals surface area (Å²) in [5, 5.41) is 25.7. The van der Waals surface area contributed by atoms with Gasteiger partial charge in [-0.2, -0.15) is 0 Å². The van der Waals surface area contributed by atoms with Crippen LogP contribution in [0.25, 0.3) is 11.2 Å². The van der Waals surface area contributed by atoms with E-state index < -0.39 is 0 Å². The second-order valence-corrected chi connectivity index (χ2v) is 7.69. The van der Waals surface area contributed by atoms with Crippen LogP contribution < -0.4 is 16.4 Å². The Morgan fingerprint density at radius 2 is 2.23 bits per heavy atom. The first-order chi connectivity index (χ1) is 14.7. The lowest BCUT2D eigenvalue weighted by atomic mass is 9.88. The monoisotopic (exact) mass is 404 g/mol. The van der Waals surface area contributed by atoms with E-state index in [1.807, 2.05) is 12.3 Å². The number of H-pyrrole nitrogens is 1. The molecule has 0 saturated heterocycles. The number of pyridine rings is 1. The molecule has 1 aliphatic rings. The van der Waals surface area contributed by atoms with Gasteiger partial charge in [0, 0.05) is 31.4 Å². The molecule has 0 amide bonds. The lowest BCUT2D eigenvalue weighted by molar-refractivity contribution is 0.642. The lowest BCUT2D eigenvalue weighted by Crippen LogP contribution is -2.23. The zero-order valence-electron chi connectivity index (χ0n) is 17.2. The van der Waals surface area contributed by atoms with Crippen molar-refractivity contribution in [3.05, 3.63) is 58.3 Å². The van der Waals surface area contributed by atoms with Crippen LogP contribution in [0, 0.1) is 5.41 Å². The number of benzene rings is 1. The van der Waals surface area contributed by atoms with Crippen molar-refractivity contribution in [2.45, 2.75) is 45.2 Å². The summed E-state index contributed by atoms with van der Waals surface area (Å²) >= 11 is 0.